The zero-order valence-corrected chi connectivity index (χ0v) is 13.0. The molecule has 0 amide bonds. The predicted octanol–water partition coefficient (Wildman–Crippen LogP) is 3.53. The van der Waals surface area contributed by atoms with E-state index in [4.69, 9.17) is 0 Å². The van der Waals surface area contributed by atoms with E-state index in [0.29, 0.717) is 5.82 Å². The van der Waals surface area contributed by atoms with E-state index in [1.54, 1.807) is 0 Å². The molecule has 1 aromatic heterocycles. The Balaban J connectivity index is 2.26. The van der Waals surface area contributed by atoms with Crippen molar-refractivity contribution in [1.29, 1.82) is 0 Å². The third-order valence-corrected chi connectivity index (χ3v) is 3.37. The van der Waals surface area contributed by atoms with Crippen molar-refractivity contribution in [3.8, 4) is 0 Å². The highest BCUT2D eigenvalue weighted by Crippen LogP contribution is 2.28. The number of hydrogen-bond donors (Lipinski definition) is 1. The molecule has 0 unspecified atom stereocenters. The van der Waals surface area contributed by atoms with Crippen LogP contribution in [0.25, 0.3) is 0 Å². The van der Waals surface area contributed by atoms with Crippen molar-refractivity contribution in [1.82, 2.24) is 9.97 Å². The van der Waals surface area contributed by atoms with E-state index in [-0.39, 0.29) is 5.69 Å². The average Bonchev–Trinajstić information content (AvgIpc) is 2.41. The molecule has 2 rings (SSSR count). The van der Waals surface area contributed by atoms with Crippen LogP contribution in [0.5, 0.6) is 0 Å². The first-order valence-corrected chi connectivity index (χ1v) is 6.81. The molecule has 0 aliphatic rings. The maximum absolute atomic E-state index is 11.4. The summed E-state index contributed by atoms with van der Waals surface area (Å²) in [5, 5.41) is 3.07. The van der Waals surface area contributed by atoms with Crippen LogP contribution in [-0.4, -0.2) is 23.0 Å². The molecule has 2 aromatic rings. The molecule has 98 valence electrons. The van der Waals surface area contributed by atoms with Gasteiger partial charge < -0.3 is 10.1 Å². The molecule has 1 N–H and O–H groups in total. The van der Waals surface area contributed by atoms with E-state index >= 15 is 0 Å². The van der Waals surface area contributed by atoms with Gasteiger partial charge in [0.25, 0.3) is 0 Å². The molecule has 0 saturated carbocycles. The lowest BCUT2D eigenvalue weighted by atomic mass is 10.3. The molecule has 19 heavy (non-hydrogen) atoms. The van der Waals surface area contributed by atoms with E-state index in [2.05, 4.69) is 51.9 Å². The van der Waals surface area contributed by atoms with Gasteiger partial charge in [-0.15, -0.1) is 0 Å². The first kappa shape index (κ1) is 14.0. The van der Waals surface area contributed by atoms with Crippen LogP contribution in [0.4, 0.5) is 11.5 Å². The highest BCUT2D eigenvalue weighted by Gasteiger charge is 2.09. The summed E-state index contributed by atoms with van der Waals surface area (Å²) in [4.78, 5) is 19.4. The molecule has 7 heteroatoms. The second kappa shape index (κ2) is 6.12. The van der Waals surface area contributed by atoms with Crippen molar-refractivity contribution in [2.45, 2.75) is 0 Å². The van der Waals surface area contributed by atoms with Gasteiger partial charge in [-0.05, 0) is 34.1 Å². The van der Waals surface area contributed by atoms with E-state index in [1.807, 2.05) is 18.2 Å². The first-order valence-electron chi connectivity index (χ1n) is 5.22. The maximum Gasteiger partial charge on any atom is 0.358 e. The molecule has 1 aromatic carbocycles. The molecule has 0 spiro atoms. The van der Waals surface area contributed by atoms with Crippen molar-refractivity contribution in [2.75, 3.05) is 12.4 Å². The van der Waals surface area contributed by atoms with Crippen LogP contribution in [0.15, 0.2) is 39.5 Å². The third-order valence-electron chi connectivity index (χ3n) is 2.22. The third kappa shape index (κ3) is 3.51. The van der Waals surface area contributed by atoms with Crippen LogP contribution < -0.4 is 5.32 Å². The number of anilines is 2. The molecule has 0 aliphatic heterocycles. The number of carbonyl (C=O) groups excluding carboxylic acids is 1. The number of carbonyl (C=O) groups is 1. The summed E-state index contributed by atoms with van der Waals surface area (Å²) in [6.45, 7) is 0. The molecule has 5 nitrogen and oxygen atoms in total. The lowest BCUT2D eigenvalue weighted by molar-refractivity contribution is 0.0593. The number of benzene rings is 1. The summed E-state index contributed by atoms with van der Waals surface area (Å²) in [7, 11) is 1.30. The number of methoxy groups -OCH3 is 1. The van der Waals surface area contributed by atoms with Gasteiger partial charge in [-0.3, -0.25) is 4.98 Å². The maximum atomic E-state index is 11.4. The molecule has 0 aliphatic carbocycles. The summed E-state index contributed by atoms with van der Waals surface area (Å²) in [6, 6.07) is 5.67. The Morgan fingerprint density at radius 1 is 1.32 bits per heavy atom. The second-order valence-corrected chi connectivity index (χ2v) is 5.30. The number of esters is 1. The number of nitrogens with zero attached hydrogens (tertiary/aromatic N) is 2. The predicted molar refractivity (Wildman–Crippen MR) is 78.5 cm³/mol. The Bertz CT molecular complexity index is 620. The molecular weight excluding hydrogens is 378 g/mol. The van der Waals surface area contributed by atoms with Gasteiger partial charge in [0.15, 0.2) is 5.69 Å². The van der Waals surface area contributed by atoms with Crippen LogP contribution in [0.2, 0.25) is 0 Å². The Morgan fingerprint density at radius 3 is 2.79 bits per heavy atom. The minimum Gasteiger partial charge on any atom is -0.464 e. The molecule has 0 saturated heterocycles. The Morgan fingerprint density at radius 2 is 2.11 bits per heavy atom. The fraction of sp³-hybridized carbons (Fsp3) is 0.0833. The van der Waals surface area contributed by atoms with Gasteiger partial charge in [0.1, 0.15) is 5.82 Å². The van der Waals surface area contributed by atoms with Crippen molar-refractivity contribution >= 4 is 49.3 Å². The highest BCUT2D eigenvalue weighted by molar-refractivity contribution is 9.11. The Kier molecular flexibility index (Phi) is 4.49. The Labute approximate surface area is 126 Å². The number of rotatable bonds is 3. The summed E-state index contributed by atoms with van der Waals surface area (Å²) < 4.78 is 6.42. The molecule has 0 radical (unpaired) electrons. The zero-order valence-electron chi connectivity index (χ0n) is 9.85. The summed E-state index contributed by atoms with van der Waals surface area (Å²) >= 11 is 6.81. The lowest BCUT2D eigenvalue weighted by Gasteiger charge is -2.08. The summed E-state index contributed by atoms with van der Waals surface area (Å²) in [5.41, 5.74) is 0.972. The quantitative estimate of drug-likeness (QED) is 0.817. The second-order valence-electron chi connectivity index (χ2n) is 3.53. The van der Waals surface area contributed by atoms with Gasteiger partial charge in [-0.25, -0.2) is 9.78 Å². The number of hydrogen-bond acceptors (Lipinski definition) is 5. The van der Waals surface area contributed by atoms with E-state index in [1.165, 1.54) is 19.5 Å². The van der Waals surface area contributed by atoms with Crippen molar-refractivity contribution in [3.05, 3.63) is 45.2 Å². The van der Waals surface area contributed by atoms with Crippen molar-refractivity contribution < 1.29 is 9.53 Å². The van der Waals surface area contributed by atoms with Gasteiger partial charge in [0.05, 0.1) is 25.2 Å². The van der Waals surface area contributed by atoms with Crippen LogP contribution in [0, 0.1) is 0 Å². The summed E-state index contributed by atoms with van der Waals surface area (Å²) in [5.74, 6) is -0.0584. The van der Waals surface area contributed by atoms with Gasteiger partial charge in [0, 0.05) is 8.95 Å². The average molecular weight is 387 g/mol. The summed E-state index contributed by atoms with van der Waals surface area (Å²) in [6.07, 6.45) is 2.88. The number of aromatic nitrogens is 2. The van der Waals surface area contributed by atoms with Gasteiger partial charge in [-0.1, -0.05) is 15.9 Å². The normalized spacial score (nSPS) is 10.1. The molecule has 1 heterocycles. The van der Waals surface area contributed by atoms with E-state index in [9.17, 15) is 4.79 Å². The minimum atomic E-state index is -0.522. The van der Waals surface area contributed by atoms with Gasteiger partial charge >= 0.3 is 5.97 Å². The smallest absolute Gasteiger partial charge is 0.358 e. The van der Waals surface area contributed by atoms with Gasteiger partial charge in [-0.2, -0.15) is 0 Å². The topological polar surface area (TPSA) is 64.1 Å². The largest absolute Gasteiger partial charge is 0.464 e. The number of halogens is 2. The van der Waals surface area contributed by atoms with Crippen LogP contribution >= 0.6 is 31.9 Å². The fourth-order valence-electron chi connectivity index (χ4n) is 1.36. The standard InChI is InChI=1S/C12H9Br2N3O2/c1-19-12(18)10-5-15-6-11(17-10)16-9-3-2-7(13)4-8(9)14/h2-6H,1H3,(H,16,17). The Hall–Kier alpha value is -1.47. The molecule has 0 atom stereocenters. The molecular formula is C12H9Br2N3O2. The zero-order chi connectivity index (χ0) is 13.8. The van der Waals surface area contributed by atoms with Gasteiger partial charge in [0.2, 0.25) is 0 Å². The number of nitrogens with one attached hydrogen (secondary N) is 1. The first-order chi connectivity index (χ1) is 9.10. The molecule has 0 bridgehead atoms. The SMILES string of the molecule is COC(=O)c1cncc(Nc2ccc(Br)cc2Br)n1. The van der Waals surface area contributed by atoms with Crippen LogP contribution in [0.3, 0.4) is 0 Å². The minimum absolute atomic E-state index is 0.153. The molecule has 0 fully saturated rings. The number of ether oxygens (including phenoxy) is 1. The van der Waals surface area contributed by atoms with Crippen molar-refractivity contribution in [2.24, 2.45) is 0 Å². The highest BCUT2D eigenvalue weighted by atomic mass is 79.9. The van der Waals surface area contributed by atoms with Crippen LogP contribution in [-0.2, 0) is 4.74 Å². The monoisotopic (exact) mass is 385 g/mol. The van der Waals surface area contributed by atoms with E-state index < -0.39 is 5.97 Å². The van der Waals surface area contributed by atoms with E-state index in [0.717, 1.165) is 14.6 Å². The fourth-order valence-corrected chi connectivity index (χ4v) is 2.50. The van der Waals surface area contributed by atoms with Crippen LogP contribution in [0.1, 0.15) is 10.5 Å². The lowest BCUT2D eigenvalue weighted by Crippen LogP contribution is -2.06. The van der Waals surface area contributed by atoms with Crippen molar-refractivity contribution in [3.63, 3.8) is 0 Å².